The minimum atomic E-state index is -0.448. The average molecular weight is 280 g/mol. The first-order chi connectivity index (χ1) is 9.08. The van der Waals surface area contributed by atoms with E-state index in [4.69, 9.17) is 4.74 Å². The van der Waals surface area contributed by atoms with Gasteiger partial charge in [0.15, 0.2) is 0 Å². The van der Waals surface area contributed by atoms with Crippen LogP contribution in [0, 0.1) is 0 Å². The van der Waals surface area contributed by atoms with E-state index in [1.165, 1.54) is 5.56 Å². The van der Waals surface area contributed by atoms with Gasteiger partial charge in [0.1, 0.15) is 25.0 Å². The van der Waals surface area contributed by atoms with Crippen LogP contribution in [0.3, 0.4) is 0 Å². The molecule has 0 aliphatic rings. The van der Waals surface area contributed by atoms with Crippen LogP contribution in [0.15, 0.2) is 24.3 Å². The van der Waals surface area contributed by atoms with E-state index in [1.807, 2.05) is 12.1 Å². The van der Waals surface area contributed by atoms with E-state index < -0.39 is 6.10 Å². The van der Waals surface area contributed by atoms with Crippen molar-refractivity contribution in [3.8, 4) is 5.75 Å². The van der Waals surface area contributed by atoms with Crippen LogP contribution in [0.4, 0.5) is 0 Å². The SMILES string of the molecule is CC(C)(C)[NH2+]C[C@@H](O)COc1ccc(C(C)(C)C)cc1. The first kappa shape index (κ1) is 17.0. The van der Waals surface area contributed by atoms with Crippen LogP contribution < -0.4 is 10.1 Å². The second-order valence-corrected chi connectivity index (χ2v) is 7.55. The Morgan fingerprint density at radius 3 is 2.05 bits per heavy atom. The monoisotopic (exact) mass is 280 g/mol. The molecule has 20 heavy (non-hydrogen) atoms. The second kappa shape index (κ2) is 6.59. The number of aliphatic hydroxyl groups is 1. The number of ether oxygens (including phenoxy) is 1. The zero-order valence-corrected chi connectivity index (χ0v) is 13.7. The molecule has 1 atom stereocenters. The van der Waals surface area contributed by atoms with Crippen LogP contribution in [0.2, 0.25) is 0 Å². The van der Waals surface area contributed by atoms with E-state index in [9.17, 15) is 5.11 Å². The highest BCUT2D eigenvalue weighted by Crippen LogP contribution is 2.24. The standard InChI is InChI=1S/C17H29NO2/c1-16(2,3)13-7-9-15(10-8-13)20-12-14(19)11-18-17(4,5)6/h7-10,14,18-19H,11-12H2,1-6H3/p+1/t14-/m1/s1. The van der Waals surface area contributed by atoms with Crippen molar-refractivity contribution < 1.29 is 15.2 Å². The van der Waals surface area contributed by atoms with E-state index in [2.05, 4.69) is 59.0 Å². The summed E-state index contributed by atoms with van der Waals surface area (Å²) in [5, 5.41) is 12.0. The molecule has 0 saturated carbocycles. The Labute approximate surface area is 123 Å². The van der Waals surface area contributed by atoms with Crippen molar-refractivity contribution >= 4 is 0 Å². The lowest BCUT2D eigenvalue weighted by molar-refractivity contribution is -0.722. The van der Waals surface area contributed by atoms with E-state index in [1.54, 1.807) is 0 Å². The molecule has 0 radical (unpaired) electrons. The lowest BCUT2D eigenvalue weighted by Gasteiger charge is -2.20. The number of hydrogen-bond donors (Lipinski definition) is 2. The van der Waals surface area contributed by atoms with Crippen molar-refractivity contribution in [3.63, 3.8) is 0 Å². The molecule has 3 heteroatoms. The molecule has 0 aliphatic carbocycles. The summed E-state index contributed by atoms with van der Waals surface area (Å²) in [6.07, 6.45) is -0.448. The van der Waals surface area contributed by atoms with Gasteiger partial charge in [-0.1, -0.05) is 32.9 Å². The molecule has 3 nitrogen and oxygen atoms in total. The molecule has 0 fully saturated rings. The molecular formula is C17H30NO2+. The number of quaternary nitrogens is 1. The molecule has 0 bridgehead atoms. The third kappa shape index (κ3) is 6.40. The van der Waals surface area contributed by atoms with Gasteiger partial charge in [-0.25, -0.2) is 0 Å². The van der Waals surface area contributed by atoms with Gasteiger partial charge in [-0.2, -0.15) is 0 Å². The van der Waals surface area contributed by atoms with Gasteiger partial charge in [-0.3, -0.25) is 0 Å². The molecule has 1 aromatic rings. The van der Waals surface area contributed by atoms with Crippen molar-refractivity contribution in [3.05, 3.63) is 29.8 Å². The molecule has 0 amide bonds. The maximum atomic E-state index is 9.90. The van der Waals surface area contributed by atoms with Gasteiger partial charge in [0.05, 0.1) is 5.54 Å². The maximum absolute atomic E-state index is 9.90. The predicted molar refractivity (Wildman–Crippen MR) is 83.2 cm³/mol. The molecule has 0 aromatic heterocycles. The first-order valence-electron chi connectivity index (χ1n) is 7.34. The summed E-state index contributed by atoms with van der Waals surface area (Å²) in [5.41, 5.74) is 1.57. The number of aliphatic hydroxyl groups excluding tert-OH is 1. The number of hydrogen-bond acceptors (Lipinski definition) is 2. The number of benzene rings is 1. The lowest BCUT2D eigenvalue weighted by atomic mass is 9.87. The third-order valence-electron chi connectivity index (χ3n) is 3.17. The van der Waals surface area contributed by atoms with E-state index in [-0.39, 0.29) is 11.0 Å². The normalized spacial score (nSPS) is 14.2. The fraction of sp³-hybridized carbons (Fsp3) is 0.647. The van der Waals surface area contributed by atoms with E-state index in [0.717, 1.165) is 5.75 Å². The van der Waals surface area contributed by atoms with Crippen LogP contribution in [0.1, 0.15) is 47.1 Å². The minimum absolute atomic E-state index is 0.134. The quantitative estimate of drug-likeness (QED) is 0.867. The summed E-state index contributed by atoms with van der Waals surface area (Å²) >= 11 is 0. The summed E-state index contributed by atoms with van der Waals surface area (Å²) in [6, 6.07) is 8.12. The highest BCUT2D eigenvalue weighted by atomic mass is 16.5. The molecule has 0 saturated heterocycles. The Morgan fingerprint density at radius 2 is 1.60 bits per heavy atom. The smallest absolute Gasteiger partial charge is 0.137 e. The summed E-state index contributed by atoms with van der Waals surface area (Å²) < 4.78 is 5.63. The third-order valence-corrected chi connectivity index (χ3v) is 3.17. The molecule has 0 spiro atoms. The van der Waals surface area contributed by atoms with Crippen LogP contribution in [0.25, 0.3) is 0 Å². The summed E-state index contributed by atoms with van der Waals surface area (Å²) in [7, 11) is 0. The summed E-state index contributed by atoms with van der Waals surface area (Å²) in [4.78, 5) is 0. The van der Waals surface area contributed by atoms with E-state index in [0.29, 0.717) is 13.2 Å². The van der Waals surface area contributed by atoms with Crippen LogP contribution in [-0.4, -0.2) is 29.9 Å². The Kier molecular flexibility index (Phi) is 5.60. The van der Waals surface area contributed by atoms with Gasteiger partial charge >= 0.3 is 0 Å². The fourth-order valence-corrected chi connectivity index (χ4v) is 1.80. The second-order valence-electron chi connectivity index (χ2n) is 7.55. The molecule has 3 N–H and O–H groups in total. The molecule has 1 aromatic carbocycles. The van der Waals surface area contributed by atoms with Crippen LogP contribution in [0.5, 0.6) is 5.75 Å². The molecule has 0 unspecified atom stereocenters. The van der Waals surface area contributed by atoms with Gasteiger partial charge in [-0.15, -0.1) is 0 Å². The predicted octanol–water partition coefficient (Wildman–Crippen LogP) is 2.09. The zero-order chi connectivity index (χ0) is 15.4. The van der Waals surface area contributed by atoms with Crippen LogP contribution in [-0.2, 0) is 5.41 Å². The van der Waals surface area contributed by atoms with Gasteiger partial charge in [0.2, 0.25) is 0 Å². The highest BCUT2D eigenvalue weighted by Gasteiger charge is 2.17. The van der Waals surface area contributed by atoms with Crippen molar-refractivity contribution in [2.24, 2.45) is 0 Å². The number of nitrogens with two attached hydrogens (primary N) is 1. The molecular weight excluding hydrogens is 250 g/mol. The lowest BCUT2D eigenvalue weighted by Crippen LogP contribution is -2.96. The van der Waals surface area contributed by atoms with Crippen molar-refractivity contribution in [1.82, 2.24) is 0 Å². The molecule has 114 valence electrons. The van der Waals surface area contributed by atoms with Gasteiger partial charge in [0, 0.05) is 0 Å². The minimum Gasteiger partial charge on any atom is -0.491 e. The largest absolute Gasteiger partial charge is 0.491 e. The van der Waals surface area contributed by atoms with Gasteiger partial charge in [-0.05, 0) is 43.9 Å². The summed E-state index contributed by atoms with van der Waals surface area (Å²) in [6.45, 7) is 14.0. The Bertz CT molecular complexity index is 398. The fourth-order valence-electron chi connectivity index (χ4n) is 1.80. The van der Waals surface area contributed by atoms with E-state index >= 15 is 0 Å². The summed E-state index contributed by atoms with van der Waals surface area (Å²) in [5.74, 6) is 0.813. The first-order valence-corrected chi connectivity index (χ1v) is 7.34. The molecule has 0 aliphatic heterocycles. The van der Waals surface area contributed by atoms with Gasteiger partial charge in [0.25, 0.3) is 0 Å². The number of rotatable bonds is 5. The van der Waals surface area contributed by atoms with Crippen molar-refractivity contribution in [2.45, 2.75) is 58.6 Å². The van der Waals surface area contributed by atoms with Crippen molar-refractivity contribution in [1.29, 1.82) is 0 Å². The molecule has 1 rings (SSSR count). The topological polar surface area (TPSA) is 46.1 Å². The Hall–Kier alpha value is -1.06. The van der Waals surface area contributed by atoms with Crippen LogP contribution >= 0.6 is 0 Å². The Balaban J connectivity index is 2.42. The van der Waals surface area contributed by atoms with Gasteiger partial charge < -0.3 is 15.2 Å². The average Bonchev–Trinajstić information content (AvgIpc) is 2.32. The van der Waals surface area contributed by atoms with Crippen molar-refractivity contribution in [2.75, 3.05) is 13.2 Å². The molecule has 0 heterocycles. The Morgan fingerprint density at radius 1 is 1.05 bits per heavy atom. The highest BCUT2D eigenvalue weighted by molar-refractivity contribution is 5.31. The maximum Gasteiger partial charge on any atom is 0.137 e. The zero-order valence-electron chi connectivity index (χ0n) is 13.7.